The third-order valence-electron chi connectivity index (χ3n) is 2.36. The summed E-state index contributed by atoms with van der Waals surface area (Å²) in [5.41, 5.74) is 3.27. The van der Waals surface area contributed by atoms with Gasteiger partial charge in [0.2, 0.25) is 5.16 Å². The van der Waals surface area contributed by atoms with Gasteiger partial charge in [-0.15, -0.1) is 5.10 Å². The molecule has 0 fully saturated rings. The number of benzene rings is 1. The SMILES string of the molecule is Cc1ccc(C)c(-n2nnnc2SCCO)c1. The summed E-state index contributed by atoms with van der Waals surface area (Å²) in [5.74, 6) is 0.589. The molecule has 1 heterocycles. The van der Waals surface area contributed by atoms with E-state index in [1.807, 2.05) is 19.9 Å². The van der Waals surface area contributed by atoms with Crippen LogP contribution in [0.5, 0.6) is 0 Å². The minimum absolute atomic E-state index is 0.115. The molecular formula is C11H14N4OS. The second-order valence-electron chi connectivity index (χ2n) is 3.74. The van der Waals surface area contributed by atoms with Crippen LogP contribution in [0.2, 0.25) is 0 Å². The Bertz CT molecular complexity index is 512. The lowest BCUT2D eigenvalue weighted by Gasteiger charge is -2.07. The van der Waals surface area contributed by atoms with Crippen LogP contribution in [0.15, 0.2) is 23.4 Å². The van der Waals surface area contributed by atoms with E-state index >= 15 is 0 Å². The summed E-state index contributed by atoms with van der Waals surface area (Å²) in [4.78, 5) is 0. The normalized spacial score (nSPS) is 10.8. The van der Waals surface area contributed by atoms with Crippen LogP contribution < -0.4 is 0 Å². The highest BCUT2D eigenvalue weighted by atomic mass is 32.2. The average Bonchev–Trinajstić information content (AvgIpc) is 2.77. The van der Waals surface area contributed by atoms with E-state index < -0.39 is 0 Å². The second kappa shape index (κ2) is 5.29. The summed E-state index contributed by atoms with van der Waals surface area (Å²) in [5, 5.41) is 21.2. The van der Waals surface area contributed by atoms with Crippen molar-refractivity contribution in [1.29, 1.82) is 0 Å². The minimum Gasteiger partial charge on any atom is -0.396 e. The Balaban J connectivity index is 2.38. The van der Waals surface area contributed by atoms with Crippen LogP contribution in [-0.2, 0) is 0 Å². The number of thioether (sulfide) groups is 1. The number of rotatable bonds is 4. The molecule has 5 nitrogen and oxygen atoms in total. The Morgan fingerprint density at radius 3 is 2.94 bits per heavy atom. The fourth-order valence-electron chi connectivity index (χ4n) is 1.50. The van der Waals surface area contributed by atoms with Crippen molar-refractivity contribution in [3.63, 3.8) is 0 Å². The quantitative estimate of drug-likeness (QED) is 0.830. The first kappa shape index (κ1) is 12.1. The molecule has 2 aromatic rings. The van der Waals surface area contributed by atoms with Crippen molar-refractivity contribution in [2.45, 2.75) is 19.0 Å². The van der Waals surface area contributed by atoms with Crippen LogP contribution in [0.3, 0.4) is 0 Å². The van der Waals surface area contributed by atoms with E-state index in [-0.39, 0.29) is 6.61 Å². The molecule has 0 aliphatic heterocycles. The molecule has 0 saturated carbocycles. The second-order valence-corrected chi connectivity index (χ2v) is 4.80. The number of hydrogen-bond donors (Lipinski definition) is 1. The van der Waals surface area contributed by atoms with Gasteiger partial charge in [0.05, 0.1) is 12.3 Å². The summed E-state index contributed by atoms with van der Waals surface area (Å²) < 4.78 is 1.71. The maximum atomic E-state index is 8.83. The van der Waals surface area contributed by atoms with Gasteiger partial charge in [0, 0.05) is 5.75 Å². The first-order valence-corrected chi connectivity index (χ1v) is 6.30. The largest absolute Gasteiger partial charge is 0.396 e. The maximum Gasteiger partial charge on any atom is 0.214 e. The number of aromatic nitrogens is 4. The highest BCUT2D eigenvalue weighted by molar-refractivity contribution is 7.99. The van der Waals surface area contributed by atoms with E-state index in [4.69, 9.17) is 5.11 Å². The smallest absolute Gasteiger partial charge is 0.214 e. The zero-order valence-corrected chi connectivity index (χ0v) is 10.6. The monoisotopic (exact) mass is 250 g/mol. The average molecular weight is 250 g/mol. The molecule has 1 aromatic carbocycles. The fourth-order valence-corrected chi connectivity index (χ4v) is 2.13. The van der Waals surface area contributed by atoms with Crippen molar-refractivity contribution in [2.24, 2.45) is 0 Å². The Labute approximate surface area is 104 Å². The van der Waals surface area contributed by atoms with Gasteiger partial charge in [-0.25, -0.2) is 0 Å². The molecule has 0 bridgehead atoms. The Morgan fingerprint density at radius 2 is 2.18 bits per heavy atom. The fraction of sp³-hybridized carbons (Fsp3) is 0.364. The van der Waals surface area contributed by atoms with Gasteiger partial charge in [-0.1, -0.05) is 23.9 Å². The number of aliphatic hydroxyl groups excluding tert-OH is 1. The van der Waals surface area contributed by atoms with E-state index in [2.05, 4.69) is 27.7 Å². The number of nitrogens with zero attached hydrogens (tertiary/aromatic N) is 4. The molecule has 1 aromatic heterocycles. The summed E-state index contributed by atoms with van der Waals surface area (Å²) >= 11 is 1.44. The van der Waals surface area contributed by atoms with Crippen LogP contribution in [0.25, 0.3) is 5.69 Å². The Morgan fingerprint density at radius 1 is 1.35 bits per heavy atom. The van der Waals surface area contributed by atoms with Gasteiger partial charge >= 0.3 is 0 Å². The molecule has 0 unspecified atom stereocenters. The van der Waals surface area contributed by atoms with Gasteiger partial charge in [0.25, 0.3) is 0 Å². The summed E-state index contributed by atoms with van der Waals surface area (Å²) in [6.07, 6.45) is 0. The van der Waals surface area contributed by atoms with Crippen LogP contribution in [0.4, 0.5) is 0 Å². The highest BCUT2D eigenvalue weighted by Gasteiger charge is 2.10. The summed E-state index contributed by atoms with van der Waals surface area (Å²) in [7, 11) is 0. The van der Waals surface area contributed by atoms with Crippen LogP contribution >= 0.6 is 11.8 Å². The van der Waals surface area contributed by atoms with Crippen molar-refractivity contribution >= 4 is 11.8 Å². The molecule has 0 spiro atoms. The topological polar surface area (TPSA) is 63.8 Å². The number of aliphatic hydroxyl groups is 1. The van der Waals surface area contributed by atoms with Gasteiger partial charge in [0.1, 0.15) is 0 Å². The molecule has 1 N–H and O–H groups in total. The Hall–Kier alpha value is -1.40. The van der Waals surface area contributed by atoms with E-state index in [0.29, 0.717) is 10.9 Å². The van der Waals surface area contributed by atoms with Crippen LogP contribution in [-0.4, -0.2) is 37.7 Å². The lowest BCUT2D eigenvalue weighted by Crippen LogP contribution is -2.02. The van der Waals surface area contributed by atoms with Crippen molar-refractivity contribution in [1.82, 2.24) is 20.2 Å². The van der Waals surface area contributed by atoms with Gasteiger partial charge in [-0.05, 0) is 41.5 Å². The van der Waals surface area contributed by atoms with Gasteiger partial charge in [0.15, 0.2) is 0 Å². The lowest BCUT2D eigenvalue weighted by atomic mass is 10.1. The molecule has 6 heteroatoms. The predicted molar refractivity (Wildman–Crippen MR) is 66.4 cm³/mol. The van der Waals surface area contributed by atoms with Crippen molar-refractivity contribution < 1.29 is 5.11 Å². The molecular weight excluding hydrogens is 236 g/mol. The first-order chi connectivity index (χ1) is 8.22. The molecule has 0 radical (unpaired) electrons. The van der Waals surface area contributed by atoms with Gasteiger partial charge in [-0.3, -0.25) is 0 Å². The number of hydrogen-bond acceptors (Lipinski definition) is 5. The highest BCUT2D eigenvalue weighted by Crippen LogP contribution is 2.21. The molecule has 0 aliphatic rings. The number of aryl methyl sites for hydroxylation is 2. The minimum atomic E-state index is 0.115. The summed E-state index contributed by atoms with van der Waals surface area (Å²) in [6.45, 7) is 4.18. The third kappa shape index (κ3) is 2.65. The lowest BCUT2D eigenvalue weighted by molar-refractivity contribution is 0.322. The van der Waals surface area contributed by atoms with E-state index in [0.717, 1.165) is 11.3 Å². The third-order valence-corrected chi connectivity index (χ3v) is 3.26. The van der Waals surface area contributed by atoms with Gasteiger partial charge in [-0.2, -0.15) is 4.68 Å². The molecule has 90 valence electrons. The van der Waals surface area contributed by atoms with E-state index in [9.17, 15) is 0 Å². The van der Waals surface area contributed by atoms with Crippen LogP contribution in [0, 0.1) is 13.8 Å². The maximum absolute atomic E-state index is 8.83. The van der Waals surface area contributed by atoms with E-state index in [1.165, 1.54) is 17.3 Å². The van der Waals surface area contributed by atoms with Crippen molar-refractivity contribution in [3.05, 3.63) is 29.3 Å². The first-order valence-electron chi connectivity index (χ1n) is 5.32. The summed E-state index contributed by atoms with van der Waals surface area (Å²) in [6, 6.07) is 6.16. The number of tetrazole rings is 1. The van der Waals surface area contributed by atoms with Crippen LogP contribution in [0.1, 0.15) is 11.1 Å². The van der Waals surface area contributed by atoms with Crippen molar-refractivity contribution in [2.75, 3.05) is 12.4 Å². The molecule has 0 atom stereocenters. The van der Waals surface area contributed by atoms with E-state index in [1.54, 1.807) is 4.68 Å². The molecule has 0 saturated heterocycles. The molecule has 2 rings (SSSR count). The zero-order chi connectivity index (χ0) is 12.3. The predicted octanol–water partition coefficient (Wildman–Crippen LogP) is 1.36. The standard InChI is InChI=1S/C11H14N4OS/c1-8-3-4-9(2)10(7-8)15-11(12-13-14-15)17-6-5-16/h3-4,7,16H,5-6H2,1-2H3. The molecule has 17 heavy (non-hydrogen) atoms. The Kier molecular flexibility index (Phi) is 3.75. The molecule has 0 aliphatic carbocycles. The zero-order valence-electron chi connectivity index (χ0n) is 9.79. The van der Waals surface area contributed by atoms with Gasteiger partial charge < -0.3 is 5.11 Å². The molecule has 0 amide bonds. The van der Waals surface area contributed by atoms with Crippen molar-refractivity contribution in [3.8, 4) is 5.69 Å².